The number of esters is 1. The molecule has 2 unspecified atom stereocenters. The topological polar surface area (TPSA) is 75.7 Å². The predicted octanol–water partition coefficient (Wildman–Crippen LogP) is -0.325. The van der Waals surface area contributed by atoms with E-state index in [4.69, 9.17) is 4.74 Å². The summed E-state index contributed by atoms with van der Waals surface area (Å²) in [7, 11) is 0. The molecule has 2 amide bonds. The van der Waals surface area contributed by atoms with E-state index in [9.17, 15) is 14.4 Å². The summed E-state index contributed by atoms with van der Waals surface area (Å²) in [5.41, 5.74) is 0. The van der Waals surface area contributed by atoms with Crippen LogP contribution < -0.4 is 5.32 Å². The molecule has 17 heavy (non-hydrogen) atoms. The first-order chi connectivity index (χ1) is 8.01. The van der Waals surface area contributed by atoms with Crippen LogP contribution >= 0.6 is 0 Å². The Hall–Kier alpha value is -1.43. The lowest BCUT2D eigenvalue weighted by atomic mass is 10.1. The van der Waals surface area contributed by atoms with Gasteiger partial charge >= 0.3 is 5.97 Å². The highest BCUT2D eigenvalue weighted by atomic mass is 16.5. The van der Waals surface area contributed by atoms with Crippen molar-refractivity contribution in [3.63, 3.8) is 0 Å². The van der Waals surface area contributed by atoms with Crippen molar-refractivity contribution in [2.45, 2.75) is 39.3 Å². The van der Waals surface area contributed by atoms with E-state index in [1.54, 1.807) is 18.7 Å². The minimum Gasteiger partial charge on any atom is -0.465 e. The summed E-state index contributed by atoms with van der Waals surface area (Å²) in [5, 5.41) is 2.26. The minimum absolute atomic E-state index is 0.0459. The molecular weight excluding hydrogens is 224 g/mol. The minimum atomic E-state index is -0.588. The Morgan fingerprint density at radius 2 is 2.18 bits per heavy atom. The smallest absolute Gasteiger partial charge is 0.323 e. The number of hydrogen-bond donors (Lipinski definition) is 1. The number of piperazine rings is 1. The summed E-state index contributed by atoms with van der Waals surface area (Å²) in [5.74, 6) is -1.14. The third-order valence-electron chi connectivity index (χ3n) is 2.80. The molecule has 0 aromatic heterocycles. The molecule has 0 aromatic carbocycles. The Morgan fingerprint density at radius 1 is 1.53 bits per heavy atom. The number of hydrogen-bond acceptors (Lipinski definition) is 5. The van der Waals surface area contributed by atoms with Gasteiger partial charge in [-0.1, -0.05) is 6.92 Å². The molecule has 0 bridgehead atoms. The maximum absolute atomic E-state index is 11.6. The Bertz CT molecular complexity index is 329. The molecule has 0 radical (unpaired) electrons. The van der Waals surface area contributed by atoms with Gasteiger partial charge < -0.3 is 4.74 Å². The standard InChI is InChI=1S/C11H18N2O4/c1-4-8-10(15)12-9(14)6-13(8)7(3)11(16)17-5-2/h7-8H,4-6H2,1-3H3,(H,12,14,15). The van der Waals surface area contributed by atoms with Gasteiger partial charge in [-0.25, -0.2) is 0 Å². The Balaban J connectivity index is 2.80. The Labute approximate surface area is 100 Å². The monoisotopic (exact) mass is 242 g/mol. The van der Waals surface area contributed by atoms with Crippen molar-refractivity contribution in [2.75, 3.05) is 13.2 Å². The third kappa shape index (κ3) is 3.03. The lowest BCUT2D eigenvalue weighted by molar-refractivity contribution is -0.153. The first-order valence-corrected chi connectivity index (χ1v) is 5.77. The molecular formula is C11H18N2O4. The molecule has 6 heteroatoms. The van der Waals surface area contributed by atoms with E-state index >= 15 is 0 Å². The molecule has 96 valence electrons. The molecule has 1 heterocycles. The molecule has 1 saturated heterocycles. The first kappa shape index (κ1) is 13.6. The van der Waals surface area contributed by atoms with Crippen molar-refractivity contribution in [3.8, 4) is 0 Å². The van der Waals surface area contributed by atoms with Crippen LogP contribution in [0.2, 0.25) is 0 Å². The van der Waals surface area contributed by atoms with Gasteiger partial charge in [0.1, 0.15) is 6.04 Å². The number of carbonyl (C=O) groups excluding carboxylic acids is 3. The van der Waals surface area contributed by atoms with Crippen LogP contribution in [-0.2, 0) is 19.1 Å². The van der Waals surface area contributed by atoms with E-state index in [0.29, 0.717) is 6.42 Å². The van der Waals surface area contributed by atoms with Crippen molar-refractivity contribution >= 4 is 17.8 Å². The fraction of sp³-hybridized carbons (Fsp3) is 0.727. The largest absolute Gasteiger partial charge is 0.465 e. The Kier molecular flexibility index (Phi) is 4.62. The van der Waals surface area contributed by atoms with Crippen LogP contribution in [0.4, 0.5) is 0 Å². The number of rotatable bonds is 4. The van der Waals surface area contributed by atoms with E-state index in [2.05, 4.69) is 5.32 Å². The molecule has 6 nitrogen and oxygen atoms in total. The average Bonchev–Trinajstić information content (AvgIpc) is 2.27. The van der Waals surface area contributed by atoms with Crippen molar-refractivity contribution in [2.24, 2.45) is 0 Å². The third-order valence-corrected chi connectivity index (χ3v) is 2.80. The van der Waals surface area contributed by atoms with Gasteiger partial charge in [0.15, 0.2) is 0 Å². The van der Waals surface area contributed by atoms with Crippen LogP contribution in [0, 0.1) is 0 Å². The van der Waals surface area contributed by atoms with Gasteiger partial charge in [0.2, 0.25) is 11.8 Å². The highest BCUT2D eigenvalue weighted by Gasteiger charge is 2.37. The highest BCUT2D eigenvalue weighted by Crippen LogP contribution is 2.14. The lowest BCUT2D eigenvalue weighted by Crippen LogP contribution is -2.61. The molecule has 0 aliphatic carbocycles. The second-order valence-electron chi connectivity index (χ2n) is 3.94. The van der Waals surface area contributed by atoms with Gasteiger partial charge in [0, 0.05) is 0 Å². The zero-order valence-electron chi connectivity index (χ0n) is 10.4. The van der Waals surface area contributed by atoms with E-state index < -0.39 is 18.1 Å². The summed E-state index contributed by atoms with van der Waals surface area (Å²) in [6.07, 6.45) is 0.545. The van der Waals surface area contributed by atoms with E-state index in [1.807, 2.05) is 6.92 Å². The van der Waals surface area contributed by atoms with E-state index in [-0.39, 0.29) is 25.0 Å². The van der Waals surface area contributed by atoms with Crippen molar-refractivity contribution in [3.05, 3.63) is 0 Å². The quantitative estimate of drug-likeness (QED) is 0.540. The number of nitrogens with zero attached hydrogens (tertiary/aromatic N) is 1. The fourth-order valence-corrected chi connectivity index (χ4v) is 1.91. The number of ether oxygens (including phenoxy) is 1. The van der Waals surface area contributed by atoms with Crippen LogP contribution in [-0.4, -0.2) is 47.9 Å². The lowest BCUT2D eigenvalue weighted by Gasteiger charge is -2.36. The number of carbonyl (C=O) groups is 3. The van der Waals surface area contributed by atoms with Gasteiger partial charge in [0.25, 0.3) is 0 Å². The normalized spacial score (nSPS) is 23.1. The molecule has 1 aliphatic heterocycles. The molecule has 2 atom stereocenters. The van der Waals surface area contributed by atoms with Crippen LogP contribution in [0.25, 0.3) is 0 Å². The summed E-state index contributed by atoms with van der Waals surface area (Å²) < 4.78 is 4.90. The van der Waals surface area contributed by atoms with Crippen molar-refractivity contribution in [1.29, 1.82) is 0 Å². The zero-order valence-corrected chi connectivity index (χ0v) is 10.4. The molecule has 1 rings (SSSR count). The fourth-order valence-electron chi connectivity index (χ4n) is 1.91. The number of imide groups is 1. The van der Waals surface area contributed by atoms with Crippen LogP contribution in [0.3, 0.4) is 0 Å². The van der Waals surface area contributed by atoms with Gasteiger partial charge in [-0.3, -0.25) is 24.6 Å². The predicted molar refractivity (Wildman–Crippen MR) is 60.0 cm³/mol. The summed E-state index contributed by atoms with van der Waals surface area (Å²) in [6, 6.07) is -1.04. The van der Waals surface area contributed by atoms with Crippen LogP contribution in [0.5, 0.6) is 0 Å². The van der Waals surface area contributed by atoms with E-state index in [1.165, 1.54) is 0 Å². The van der Waals surface area contributed by atoms with E-state index in [0.717, 1.165) is 0 Å². The number of nitrogens with one attached hydrogen (secondary N) is 1. The molecule has 1 fully saturated rings. The average molecular weight is 242 g/mol. The van der Waals surface area contributed by atoms with Crippen molar-refractivity contribution < 1.29 is 19.1 Å². The summed E-state index contributed by atoms with van der Waals surface area (Å²) in [6.45, 7) is 5.53. The number of amides is 2. The molecule has 1 aliphatic rings. The summed E-state index contributed by atoms with van der Waals surface area (Å²) in [4.78, 5) is 36.1. The maximum Gasteiger partial charge on any atom is 0.323 e. The highest BCUT2D eigenvalue weighted by molar-refractivity contribution is 6.01. The SMILES string of the molecule is CCOC(=O)C(C)N1CC(=O)NC(=O)C1CC. The summed E-state index contributed by atoms with van der Waals surface area (Å²) >= 11 is 0. The van der Waals surface area contributed by atoms with Gasteiger partial charge in [-0.15, -0.1) is 0 Å². The van der Waals surface area contributed by atoms with Gasteiger partial charge in [-0.05, 0) is 20.3 Å². The second-order valence-corrected chi connectivity index (χ2v) is 3.94. The molecule has 0 spiro atoms. The maximum atomic E-state index is 11.6. The zero-order chi connectivity index (χ0) is 13.0. The van der Waals surface area contributed by atoms with Gasteiger partial charge in [-0.2, -0.15) is 0 Å². The molecule has 0 aromatic rings. The first-order valence-electron chi connectivity index (χ1n) is 5.77. The van der Waals surface area contributed by atoms with Crippen molar-refractivity contribution in [1.82, 2.24) is 10.2 Å². The second kappa shape index (κ2) is 5.77. The Morgan fingerprint density at radius 3 is 2.71 bits per heavy atom. The molecule has 1 N–H and O–H groups in total. The van der Waals surface area contributed by atoms with Crippen LogP contribution in [0.1, 0.15) is 27.2 Å². The van der Waals surface area contributed by atoms with Crippen LogP contribution in [0.15, 0.2) is 0 Å². The van der Waals surface area contributed by atoms with Gasteiger partial charge in [0.05, 0.1) is 19.2 Å². The molecule has 0 saturated carbocycles.